The van der Waals surface area contributed by atoms with Gasteiger partial charge in [0.2, 0.25) is 6.79 Å². The van der Waals surface area contributed by atoms with Gasteiger partial charge in [-0.05, 0) is 24.1 Å². The van der Waals surface area contributed by atoms with Crippen molar-refractivity contribution in [3.63, 3.8) is 0 Å². The first-order chi connectivity index (χ1) is 10.1. The SMILES string of the molecule is CCC1(c2ccc3c(c2)OCO3)NC(=O)N(CCN)C1=O. The molecule has 1 fully saturated rings. The number of hydrogen-bond donors (Lipinski definition) is 2. The van der Waals surface area contributed by atoms with Gasteiger partial charge in [-0.3, -0.25) is 9.69 Å². The standard InChI is InChI=1S/C14H17N3O4/c1-2-14(12(18)17(6-5-15)13(19)16-14)9-3-4-10-11(7-9)21-8-20-10/h3-4,7H,2,5-6,8,15H2,1H3,(H,16,19). The lowest BCUT2D eigenvalue weighted by atomic mass is 9.87. The number of benzene rings is 1. The van der Waals surface area contributed by atoms with Crippen molar-refractivity contribution in [2.24, 2.45) is 5.73 Å². The van der Waals surface area contributed by atoms with Gasteiger partial charge in [0.25, 0.3) is 5.91 Å². The number of nitrogens with one attached hydrogen (secondary N) is 1. The van der Waals surface area contributed by atoms with Crippen LogP contribution in [0, 0.1) is 0 Å². The second kappa shape index (κ2) is 4.92. The number of fused-ring (bicyclic) bond motifs is 1. The van der Waals surface area contributed by atoms with Gasteiger partial charge in [0.15, 0.2) is 11.5 Å². The van der Waals surface area contributed by atoms with Crippen LogP contribution in [0.4, 0.5) is 4.79 Å². The molecule has 0 aromatic heterocycles. The van der Waals surface area contributed by atoms with Crippen LogP contribution in [0.25, 0.3) is 0 Å². The molecule has 21 heavy (non-hydrogen) atoms. The molecule has 1 aromatic carbocycles. The molecule has 1 saturated heterocycles. The van der Waals surface area contributed by atoms with Crippen LogP contribution in [0.5, 0.6) is 11.5 Å². The molecule has 2 aliphatic heterocycles. The summed E-state index contributed by atoms with van der Waals surface area (Å²) in [6, 6.07) is 4.86. The summed E-state index contributed by atoms with van der Waals surface area (Å²) in [6.07, 6.45) is 0.443. The molecule has 0 saturated carbocycles. The maximum atomic E-state index is 12.7. The monoisotopic (exact) mass is 291 g/mol. The molecule has 1 aromatic rings. The third-order valence-corrected chi connectivity index (χ3v) is 3.92. The van der Waals surface area contributed by atoms with Crippen molar-refractivity contribution in [1.29, 1.82) is 0 Å². The van der Waals surface area contributed by atoms with Crippen LogP contribution < -0.4 is 20.5 Å². The molecule has 1 atom stereocenters. The number of carbonyl (C=O) groups is 2. The largest absolute Gasteiger partial charge is 0.454 e. The van der Waals surface area contributed by atoms with Gasteiger partial charge in [-0.2, -0.15) is 0 Å². The summed E-state index contributed by atoms with van der Waals surface area (Å²) in [7, 11) is 0. The van der Waals surface area contributed by atoms with E-state index in [4.69, 9.17) is 15.2 Å². The third kappa shape index (κ3) is 1.92. The van der Waals surface area contributed by atoms with Crippen LogP contribution in [0.1, 0.15) is 18.9 Å². The van der Waals surface area contributed by atoms with Crippen molar-refractivity contribution < 1.29 is 19.1 Å². The van der Waals surface area contributed by atoms with Gasteiger partial charge in [-0.25, -0.2) is 4.79 Å². The van der Waals surface area contributed by atoms with E-state index in [9.17, 15) is 9.59 Å². The van der Waals surface area contributed by atoms with Crippen LogP contribution in [0.3, 0.4) is 0 Å². The van der Waals surface area contributed by atoms with Crippen molar-refractivity contribution in [2.75, 3.05) is 19.9 Å². The molecule has 0 bridgehead atoms. The maximum Gasteiger partial charge on any atom is 0.325 e. The fourth-order valence-corrected chi connectivity index (χ4v) is 2.76. The molecule has 0 spiro atoms. The molecule has 1 unspecified atom stereocenters. The quantitative estimate of drug-likeness (QED) is 0.789. The molecular formula is C14H17N3O4. The zero-order valence-corrected chi connectivity index (χ0v) is 11.7. The van der Waals surface area contributed by atoms with E-state index in [1.54, 1.807) is 18.2 Å². The Labute approximate surface area is 122 Å². The molecular weight excluding hydrogens is 274 g/mol. The predicted molar refractivity (Wildman–Crippen MR) is 73.8 cm³/mol. The van der Waals surface area contributed by atoms with Crippen molar-refractivity contribution in [3.8, 4) is 11.5 Å². The number of amides is 3. The third-order valence-electron chi connectivity index (χ3n) is 3.92. The van der Waals surface area contributed by atoms with E-state index in [1.165, 1.54) is 0 Å². The number of ether oxygens (including phenoxy) is 2. The van der Waals surface area contributed by atoms with E-state index >= 15 is 0 Å². The van der Waals surface area contributed by atoms with Crippen LogP contribution in [-0.4, -0.2) is 36.7 Å². The average Bonchev–Trinajstić information content (AvgIpc) is 3.05. The molecule has 3 amide bonds. The highest BCUT2D eigenvalue weighted by Gasteiger charge is 2.51. The highest BCUT2D eigenvalue weighted by molar-refractivity contribution is 6.07. The second-order valence-corrected chi connectivity index (χ2v) is 5.00. The highest BCUT2D eigenvalue weighted by Crippen LogP contribution is 2.39. The van der Waals surface area contributed by atoms with Gasteiger partial charge in [0.1, 0.15) is 5.54 Å². The second-order valence-electron chi connectivity index (χ2n) is 5.00. The van der Waals surface area contributed by atoms with Crippen molar-refractivity contribution in [2.45, 2.75) is 18.9 Å². The Kier molecular flexibility index (Phi) is 3.21. The van der Waals surface area contributed by atoms with Crippen LogP contribution in [-0.2, 0) is 10.3 Å². The van der Waals surface area contributed by atoms with E-state index in [-0.39, 0.29) is 25.8 Å². The Bertz CT molecular complexity index is 604. The van der Waals surface area contributed by atoms with Gasteiger partial charge in [-0.15, -0.1) is 0 Å². The zero-order valence-electron chi connectivity index (χ0n) is 11.7. The molecule has 0 aliphatic carbocycles. The summed E-state index contributed by atoms with van der Waals surface area (Å²) in [4.78, 5) is 25.9. The van der Waals surface area contributed by atoms with E-state index in [0.717, 1.165) is 4.90 Å². The van der Waals surface area contributed by atoms with Gasteiger partial charge >= 0.3 is 6.03 Å². The first kappa shape index (κ1) is 13.7. The Hall–Kier alpha value is -2.28. The van der Waals surface area contributed by atoms with E-state index in [0.29, 0.717) is 23.5 Å². The Morgan fingerprint density at radius 2 is 2.10 bits per heavy atom. The summed E-state index contributed by atoms with van der Waals surface area (Å²) >= 11 is 0. The number of urea groups is 1. The van der Waals surface area contributed by atoms with Crippen LogP contribution in [0.2, 0.25) is 0 Å². The van der Waals surface area contributed by atoms with Gasteiger partial charge in [0, 0.05) is 13.1 Å². The minimum Gasteiger partial charge on any atom is -0.454 e. The summed E-state index contributed by atoms with van der Waals surface area (Å²) < 4.78 is 10.6. The first-order valence-electron chi connectivity index (χ1n) is 6.86. The molecule has 112 valence electrons. The number of rotatable bonds is 4. The average molecular weight is 291 g/mol. The number of hydrogen-bond acceptors (Lipinski definition) is 5. The maximum absolute atomic E-state index is 12.7. The molecule has 0 radical (unpaired) electrons. The number of nitrogens with zero attached hydrogens (tertiary/aromatic N) is 1. The number of imide groups is 1. The number of carbonyl (C=O) groups excluding carboxylic acids is 2. The van der Waals surface area contributed by atoms with Crippen molar-refractivity contribution in [1.82, 2.24) is 10.2 Å². The fraction of sp³-hybridized carbons (Fsp3) is 0.429. The Morgan fingerprint density at radius 1 is 1.33 bits per heavy atom. The Morgan fingerprint density at radius 3 is 2.81 bits per heavy atom. The van der Waals surface area contributed by atoms with E-state index in [2.05, 4.69) is 5.32 Å². The van der Waals surface area contributed by atoms with E-state index < -0.39 is 11.6 Å². The van der Waals surface area contributed by atoms with Crippen molar-refractivity contribution in [3.05, 3.63) is 23.8 Å². The first-order valence-corrected chi connectivity index (χ1v) is 6.86. The molecule has 3 rings (SSSR count). The number of nitrogens with two attached hydrogens (primary N) is 1. The summed E-state index contributed by atoms with van der Waals surface area (Å²) in [5, 5.41) is 2.79. The van der Waals surface area contributed by atoms with Gasteiger partial charge < -0.3 is 20.5 Å². The zero-order chi connectivity index (χ0) is 15.0. The summed E-state index contributed by atoms with van der Waals surface area (Å²) in [6.45, 7) is 2.46. The highest BCUT2D eigenvalue weighted by atomic mass is 16.7. The summed E-state index contributed by atoms with van der Waals surface area (Å²) in [5.74, 6) is 0.944. The summed E-state index contributed by atoms with van der Waals surface area (Å²) in [5.41, 5.74) is 5.09. The van der Waals surface area contributed by atoms with Gasteiger partial charge in [-0.1, -0.05) is 13.0 Å². The minimum atomic E-state index is -1.06. The normalized spacial score (nSPS) is 23.6. The molecule has 3 N–H and O–H groups in total. The minimum absolute atomic E-state index is 0.164. The smallest absolute Gasteiger partial charge is 0.325 e. The molecule has 2 heterocycles. The van der Waals surface area contributed by atoms with Crippen LogP contribution >= 0.6 is 0 Å². The van der Waals surface area contributed by atoms with E-state index in [1.807, 2.05) is 6.92 Å². The van der Waals surface area contributed by atoms with Gasteiger partial charge in [0.05, 0.1) is 0 Å². The predicted octanol–water partition coefficient (Wildman–Crippen LogP) is 0.531. The fourth-order valence-electron chi connectivity index (χ4n) is 2.76. The lowest BCUT2D eigenvalue weighted by molar-refractivity contribution is -0.131. The molecule has 7 nitrogen and oxygen atoms in total. The van der Waals surface area contributed by atoms with Crippen LogP contribution in [0.15, 0.2) is 18.2 Å². The lowest BCUT2D eigenvalue weighted by Gasteiger charge is -2.26. The molecule has 2 aliphatic rings. The Balaban J connectivity index is 2.01. The lowest BCUT2D eigenvalue weighted by Crippen LogP contribution is -2.43. The molecule has 7 heteroatoms. The van der Waals surface area contributed by atoms with Crippen molar-refractivity contribution >= 4 is 11.9 Å². The topological polar surface area (TPSA) is 93.9 Å².